The van der Waals surface area contributed by atoms with Crippen molar-refractivity contribution in [3.8, 4) is 5.75 Å². The second kappa shape index (κ2) is 14.5. The zero-order valence-electron chi connectivity index (χ0n) is 19.9. The van der Waals surface area contributed by atoms with E-state index in [1.807, 2.05) is 13.2 Å². The van der Waals surface area contributed by atoms with Crippen molar-refractivity contribution in [2.24, 2.45) is 11.7 Å². The largest absolute Gasteiger partial charge is 0.497 e. The summed E-state index contributed by atoms with van der Waals surface area (Å²) in [5.41, 5.74) is 6.30. The van der Waals surface area contributed by atoms with Crippen molar-refractivity contribution < 1.29 is 28.7 Å². The third-order valence-electron chi connectivity index (χ3n) is 5.37. The number of carbonyl (C=O) groups is 4. The van der Waals surface area contributed by atoms with Crippen LogP contribution in [0.1, 0.15) is 43.5 Å². The van der Waals surface area contributed by atoms with Crippen molar-refractivity contribution in [1.29, 1.82) is 0 Å². The number of methoxy groups -OCH3 is 2. The number of hydrogen-bond acceptors (Lipinski definition) is 8. The molecule has 10 heteroatoms. The fraction of sp³-hybridized carbons (Fsp3) is 0.565. The first-order valence-corrected chi connectivity index (χ1v) is 12.2. The van der Waals surface area contributed by atoms with Crippen LogP contribution in [0, 0.1) is 5.92 Å². The second-order valence-electron chi connectivity index (χ2n) is 7.70. The molecule has 0 spiro atoms. The molecule has 1 aromatic rings. The molecule has 1 rings (SSSR count). The zero-order chi connectivity index (χ0) is 25.0. The first-order valence-electron chi connectivity index (χ1n) is 10.8. The maximum absolute atomic E-state index is 13.1. The molecule has 0 heterocycles. The van der Waals surface area contributed by atoms with Gasteiger partial charge in [-0.1, -0.05) is 20.3 Å². The number of thioether (sulfide) groups is 1. The van der Waals surface area contributed by atoms with Gasteiger partial charge in [-0.25, -0.2) is 4.79 Å². The Balaban J connectivity index is 3.08. The molecule has 9 nitrogen and oxygen atoms in total. The highest BCUT2D eigenvalue weighted by Gasteiger charge is 2.32. The van der Waals surface area contributed by atoms with Gasteiger partial charge >= 0.3 is 5.97 Å². The van der Waals surface area contributed by atoms with Gasteiger partial charge in [0.2, 0.25) is 11.8 Å². The highest BCUT2D eigenvalue weighted by molar-refractivity contribution is 7.98. The van der Waals surface area contributed by atoms with E-state index in [2.05, 4.69) is 10.6 Å². The van der Waals surface area contributed by atoms with E-state index in [0.717, 1.165) is 0 Å². The summed E-state index contributed by atoms with van der Waals surface area (Å²) in [4.78, 5) is 50.7. The molecule has 0 bridgehead atoms. The standard InChI is InChI=1S/C23H35N3O6S/c1-6-14(2)20(23(30)32-4)26-22(29)18(25-21(28)17(24)11-12-33-5)13-19(27)15-7-9-16(31-3)10-8-15/h7-10,14,17-18,20H,6,11-13,24H2,1-5H3,(H,25,28)(H,26,29)/t14-,17-,18-,20-/m0/s1. The van der Waals surface area contributed by atoms with Crippen LogP contribution in [0.2, 0.25) is 0 Å². The zero-order valence-corrected chi connectivity index (χ0v) is 20.7. The Bertz CT molecular complexity index is 802. The molecular weight excluding hydrogens is 446 g/mol. The summed E-state index contributed by atoms with van der Waals surface area (Å²) in [6.45, 7) is 3.68. The van der Waals surface area contributed by atoms with Crippen LogP contribution in [0.15, 0.2) is 24.3 Å². The van der Waals surface area contributed by atoms with Gasteiger partial charge in [0.25, 0.3) is 0 Å². The number of nitrogens with one attached hydrogen (secondary N) is 2. The smallest absolute Gasteiger partial charge is 0.328 e. The van der Waals surface area contributed by atoms with Crippen LogP contribution in [0.4, 0.5) is 0 Å². The molecule has 0 aliphatic carbocycles. The molecule has 0 unspecified atom stereocenters. The molecule has 33 heavy (non-hydrogen) atoms. The molecule has 0 radical (unpaired) electrons. The second-order valence-corrected chi connectivity index (χ2v) is 8.69. The lowest BCUT2D eigenvalue weighted by molar-refractivity contribution is -0.146. The maximum Gasteiger partial charge on any atom is 0.328 e. The predicted octanol–water partition coefficient (Wildman–Crippen LogP) is 1.54. The number of esters is 1. The predicted molar refractivity (Wildman–Crippen MR) is 128 cm³/mol. The molecule has 1 aromatic carbocycles. The number of ketones is 1. The summed E-state index contributed by atoms with van der Waals surface area (Å²) in [7, 11) is 2.75. The number of ether oxygens (including phenoxy) is 2. The number of benzene rings is 1. The van der Waals surface area contributed by atoms with Crippen molar-refractivity contribution in [3.63, 3.8) is 0 Å². The highest BCUT2D eigenvalue weighted by Crippen LogP contribution is 2.15. The lowest BCUT2D eigenvalue weighted by atomic mass is 9.97. The van der Waals surface area contributed by atoms with Crippen LogP contribution >= 0.6 is 11.8 Å². The molecular formula is C23H35N3O6S. The highest BCUT2D eigenvalue weighted by atomic mass is 32.2. The molecule has 0 aliphatic heterocycles. The minimum Gasteiger partial charge on any atom is -0.497 e. The van der Waals surface area contributed by atoms with Gasteiger partial charge in [-0.05, 0) is 48.6 Å². The van der Waals surface area contributed by atoms with Crippen molar-refractivity contribution in [1.82, 2.24) is 10.6 Å². The fourth-order valence-electron chi connectivity index (χ4n) is 2.99. The Labute approximate surface area is 199 Å². The first-order chi connectivity index (χ1) is 15.7. The Kier molecular flexibility index (Phi) is 12.5. The van der Waals surface area contributed by atoms with Gasteiger partial charge < -0.3 is 25.8 Å². The Hall–Kier alpha value is -2.59. The SMILES string of the molecule is CC[C@H](C)[C@H](NC(=O)[C@H](CC(=O)c1ccc(OC)cc1)NC(=O)[C@@H](N)CCSC)C(=O)OC. The molecule has 184 valence electrons. The van der Waals surface area contributed by atoms with E-state index in [0.29, 0.717) is 29.9 Å². The van der Waals surface area contributed by atoms with E-state index in [9.17, 15) is 19.2 Å². The summed E-state index contributed by atoms with van der Waals surface area (Å²) in [5.74, 6) is -1.09. The van der Waals surface area contributed by atoms with Crippen molar-refractivity contribution >= 4 is 35.3 Å². The Morgan fingerprint density at radius 3 is 2.21 bits per heavy atom. The van der Waals surface area contributed by atoms with E-state index in [-0.39, 0.29) is 18.1 Å². The van der Waals surface area contributed by atoms with Gasteiger partial charge in [0.1, 0.15) is 17.8 Å². The topological polar surface area (TPSA) is 137 Å². The average Bonchev–Trinajstić information content (AvgIpc) is 2.83. The van der Waals surface area contributed by atoms with Gasteiger partial charge in [0.15, 0.2) is 5.78 Å². The molecule has 4 N–H and O–H groups in total. The van der Waals surface area contributed by atoms with Crippen LogP contribution in [-0.4, -0.2) is 67.9 Å². The monoisotopic (exact) mass is 481 g/mol. The van der Waals surface area contributed by atoms with Crippen LogP contribution in [0.3, 0.4) is 0 Å². The Morgan fingerprint density at radius 1 is 1.06 bits per heavy atom. The third-order valence-corrected chi connectivity index (χ3v) is 6.01. The fourth-order valence-corrected chi connectivity index (χ4v) is 3.48. The van der Waals surface area contributed by atoms with Crippen LogP contribution in [-0.2, 0) is 19.1 Å². The minimum atomic E-state index is -1.20. The van der Waals surface area contributed by atoms with E-state index < -0.39 is 35.9 Å². The first kappa shape index (κ1) is 28.4. The number of carbonyl (C=O) groups excluding carboxylic acids is 4. The van der Waals surface area contributed by atoms with Gasteiger partial charge in [-0.3, -0.25) is 14.4 Å². The molecule has 4 atom stereocenters. The van der Waals surface area contributed by atoms with E-state index in [1.54, 1.807) is 43.0 Å². The number of Topliss-reactive ketones (excluding diaryl/α,β-unsaturated/α-hetero) is 1. The van der Waals surface area contributed by atoms with Gasteiger partial charge in [0, 0.05) is 12.0 Å². The summed E-state index contributed by atoms with van der Waals surface area (Å²) in [6, 6.07) is 3.49. The molecule has 0 aliphatic rings. The Morgan fingerprint density at radius 2 is 1.70 bits per heavy atom. The molecule has 0 saturated heterocycles. The van der Waals surface area contributed by atoms with Crippen molar-refractivity contribution in [3.05, 3.63) is 29.8 Å². The van der Waals surface area contributed by atoms with Crippen molar-refractivity contribution in [2.75, 3.05) is 26.2 Å². The molecule has 0 fully saturated rings. The number of hydrogen-bond donors (Lipinski definition) is 3. The van der Waals surface area contributed by atoms with E-state index >= 15 is 0 Å². The normalized spacial score (nSPS) is 14.4. The molecule has 2 amide bonds. The van der Waals surface area contributed by atoms with Crippen molar-refractivity contribution in [2.45, 2.75) is 51.2 Å². The van der Waals surface area contributed by atoms with E-state index in [1.165, 1.54) is 14.2 Å². The minimum absolute atomic E-state index is 0.209. The number of rotatable bonds is 14. The molecule has 0 aromatic heterocycles. The van der Waals surface area contributed by atoms with Gasteiger partial charge in [-0.2, -0.15) is 11.8 Å². The molecule has 0 saturated carbocycles. The third kappa shape index (κ3) is 9.05. The lowest BCUT2D eigenvalue weighted by Crippen LogP contribution is -2.56. The number of amides is 2. The summed E-state index contributed by atoms with van der Waals surface area (Å²) >= 11 is 1.55. The van der Waals surface area contributed by atoms with Crippen LogP contribution in [0.25, 0.3) is 0 Å². The van der Waals surface area contributed by atoms with E-state index in [4.69, 9.17) is 15.2 Å². The quantitative estimate of drug-likeness (QED) is 0.269. The van der Waals surface area contributed by atoms with Crippen LogP contribution in [0.5, 0.6) is 5.75 Å². The number of nitrogens with two attached hydrogens (primary N) is 1. The summed E-state index contributed by atoms with van der Waals surface area (Å²) in [5, 5.41) is 5.22. The summed E-state index contributed by atoms with van der Waals surface area (Å²) in [6.07, 6.45) is 2.64. The van der Waals surface area contributed by atoms with Crippen LogP contribution < -0.4 is 21.1 Å². The van der Waals surface area contributed by atoms with Gasteiger partial charge in [-0.15, -0.1) is 0 Å². The maximum atomic E-state index is 13.1. The van der Waals surface area contributed by atoms with Gasteiger partial charge in [0.05, 0.1) is 20.3 Å². The lowest BCUT2D eigenvalue weighted by Gasteiger charge is -2.26. The average molecular weight is 482 g/mol. The summed E-state index contributed by atoms with van der Waals surface area (Å²) < 4.78 is 9.91.